The molecule has 1 rings (SSSR count). The molecule has 0 unspecified atom stereocenters. The van der Waals surface area contributed by atoms with Crippen molar-refractivity contribution >= 4 is 5.97 Å². The first-order valence-corrected chi connectivity index (χ1v) is 4.97. The first-order chi connectivity index (χ1) is 7.70. The summed E-state index contributed by atoms with van der Waals surface area (Å²) in [5, 5.41) is 15.9. The van der Waals surface area contributed by atoms with E-state index in [1.54, 1.807) is 6.07 Å². The SMILES string of the molecule is C=CC#N.O=C(O)CCCc1ccccc1. The van der Waals surface area contributed by atoms with Gasteiger partial charge in [0.25, 0.3) is 0 Å². The highest BCUT2D eigenvalue weighted by Crippen LogP contribution is 2.03. The van der Waals surface area contributed by atoms with E-state index in [0.29, 0.717) is 0 Å². The summed E-state index contributed by atoms with van der Waals surface area (Å²) in [7, 11) is 0. The van der Waals surface area contributed by atoms with Gasteiger partial charge >= 0.3 is 5.97 Å². The molecule has 1 aromatic carbocycles. The van der Waals surface area contributed by atoms with Crippen LogP contribution in [0.25, 0.3) is 0 Å². The monoisotopic (exact) mass is 217 g/mol. The van der Waals surface area contributed by atoms with Gasteiger partial charge in [0.05, 0.1) is 6.07 Å². The second kappa shape index (κ2) is 9.47. The molecule has 0 aliphatic rings. The van der Waals surface area contributed by atoms with Crippen molar-refractivity contribution in [1.82, 2.24) is 0 Å². The van der Waals surface area contributed by atoms with Crippen molar-refractivity contribution in [3.63, 3.8) is 0 Å². The Bertz CT molecular complexity index is 352. The molecule has 0 aromatic heterocycles. The molecule has 0 radical (unpaired) electrons. The van der Waals surface area contributed by atoms with E-state index >= 15 is 0 Å². The maximum Gasteiger partial charge on any atom is 0.303 e. The first-order valence-electron chi connectivity index (χ1n) is 4.97. The van der Waals surface area contributed by atoms with Gasteiger partial charge in [0.15, 0.2) is 0 Å². The average Bonchev–Trinajstić information content (AvgIpc) is 2.30. The number of aryl methyl sites for hydroxylation is 1. The number of nitriles is 1. The Morgan fingerprint density at radius 1 is 1.44 bits per heavy atom. The van der Waals surface area contributed by atoms with E-state index in [4.69, 9.17) is 10.4 Å². The van der Waals surface area contributed by atoms with Crippen LogP contribution in [0.5, 0.6) is 0 Å². The largest absolute Gasteiger partial charge is 0.481 e. The van der Waals surface area contributed by atoms with Gasteiger partial charge in [0, 0.05) is 12.5 Å². The fraction of sp³-hybridized carbons (Fsp3) is 0.231. The Balaban J connectivity index is 0.000000487. The second-order valence-corrected chi connectivity index (χ2v) is 3.07. The maximum absolute atomic E-state index is 10.2. The molecule has 84 valence electrons. The van der Waals surface area contributed by atoms with Crippen molar-refractivity contribution in [1.29, 1.82) is 5.26 Å². The lowest BCUT2D eigenvalue weighted by Gasteiger charge is -1.97. The van der Waals surface area contributed by atoms with Crippen molar-refractivity contribution < 1.29 is 9.90 Å². The highest BCUT2D eigenvalue weighted by molar-refractivity contribution is 5.66. The number of carboxylic acid groups (broad SMARTS) is 1. The average molecular weight is 217 g/mol. The fourth-order valence-corrected chi connectivity index (χ4v) is 1.09. The fourth-order valence-electron chi connectivity index (χ4n) is 1.09. The Morgan fingerprint density at radius 3 is 2.44 bits per heavy atom. The molecule has 0 aliphatic heterocycles. The van der Waals surface area contributed by atoms with Gasteiger partial charge in [-0.05, 0) is 18.4 Å². The van der Waals surface area contributed by atoms with Crippen molar-refractivity contribution in [3.05, 3.63) is 48.6 Å². The zero-order chi connectivity index (χ0) is 12.2. The van der Waals surface area contributed by atoms with Gasteiger partial charge in [-0.1, -0.05) is 36.9 Å². The van der Waals surface area contributed by atoms with Crippen molar-refractivity contribution in [3.8, 4) is 6.07 Å². The van der Waals surface area contributed by atoms with E-state index in [1.807, 2.05) is 30.3 Å². The van der Waals surface area contributed by atoms with Crippen molar-refractivity contribution in [2.45, 2.75) is 19.3 Å². The molecule has 16 heavy (non-hydrogen) atoms. The molecule has 0 bridgehead atoms. The highest BCUT2D eigenvalue weighted by atomic mass is 16.4. The molecule has 0 spiro atoms. The summed E-state index contributed by atoms with van der Waals surface area (Å²) >= 11 is 0. The zero-order valence-corrected chi connectivity index (χ0v) is 9.10. The molecule has 0 fully saturated rings. The molecular formula is C13H15NO2. The Morgan fingerprint density at radius 2 is 2.00 bits per heavy atom. The van der Waals surface area contributed by atoms with Crippen LogP contribution in [-0.4, -0.2) is 11.1 Å². The number of rotatable bonds is 4. The van der Waals surface area contributed by atoms with Crippen LogP contribution in [-0.2, 0) is 11.2 Å². The number of hydrogen-bond acceptors (Lipinski definition) is 2. The lowest BCUT2D eigenvalue weighted by Crippen LogP contribution is -1.95. The lowest BCUT2D eigenvalue weighted by molar-refractivity contribution is -0.137. The summed E-state index contributed by atoms with van der Waals surface area (Å²) in [4.78, 5) is 10.2. The quantitative estimate of drug-likeness (QED) is 0.789. The van der Waals surface area contributed by atoms with Crippen LogP contribution < -0.4 is 0 Å². The van der Waals surface area contributed by atoms with Crippen molar-refractivity contribution in [2.75, 3.05) is 0 Å². The predicted molar refractivity (Wildman–Crippen MR) is 62.8 cm³/mol. The van der Waals surface area contributed by atoms with Gasteiger partial charge in [-0.2, -0.15) is 5.26 Å². The van der Waals surface area contributed by atoms with Gasteiger partial charge < -0.3 is 5.11 Å². The minimum Gasteiger partial charge on any atom is -0.481 e. The molecule has 0 heterocycles. The number of carbonyl (C=O) groups is 1. The minimum absolute atomic E-state index is 0.259. The van der Waals surface area contributed by atoms with Gasteiger partial charge in [-0.3, -0.25) is 4.79 Å². The van der Waals surface area contributed by atoms with Crippen LogP contribution in [0.3, 0.4) is 0 Å². The smallest absolute Gasteiger partial charge is 0.303 e. The number of nitrogens with zero attached hydrogens (tertiary/aromatic N) is 1. The van der Waals surface area contributed by atoms with E-state index in [0.717, 1.165) is 12.8 Å². The van der Waals surface area contributed by atoms with Crippen LogP contribution >= 0.6 is 0 Å². The maximum atomic E-state index is 10.2. The van der Waals surface area contributed by atoms with E-state index in [1.165, 1.54) is 11.6 Å². The first kappa shape index (κ1) is 13.9. The topological polar surface area (TPSA) is 61.1 Å². The van der Waals surface area contributed by atoms with Crippen molar-refractivity contribution in [2.24, 2.45) is 0 Å². The summed E-state index contributed by atoms with van der Waals surface area (Å²) < 4.78 is 0. The van der Waals surface area contributed by atoms with Gasteiger partial charge in [0.2, 0.25) is 0 Å². The highest BCUT2D eigenvalue weighted by Gasteiger charge is 1.96. The number of aliphatic carboxylic acids is 1. The Kier molecular flexibility index (Phi) is 8.24. The third-order valence-electron chi connectivity index (χ3n) is 1.79. The molecule has 3 heteroatoms. The summed E-state index contributed by atoms with van der Waals surface area (Å²) in [5.41, 5.74) is 1.21. The third-order valence-corrected chi connectivity index (χ3v) is 1.79. The minimum atomic E-state index is -0.717. The number of carboxylic acids is 1. The Labute approximate surface area is 95.7 Å². The Hall–Kier alpha value is -2.08. The summed E-state index contributed by atoms with van der Waals surface area (Å²) in [6, 6.07) is 11.6. The van der Waals surface area contributed by atoms with Crippen LogP contribution in [0, 0.1) is 11.3 Å². The standard InChI is InChI=1S/C10H12O2.C3H3N/c11-10(12)8-4-7-9-5-2-1-3-6-9;1-2-3-4/h1-3,5-6H,4,7-8H2,(H,11,12);2H,1H2. The third kappa shape index (κ3) is 8.52. The molecule has 0 saturated heterocycles. The number of allylic oxidation sites excluding steroid dienone is 1. The van der Waals surface area contributed by atoms with Gasteiger partial charge in [-0.25, -0.2) is 0 Å². The summed E-state index contributed by atoms with van der Waals surface area (Å²) in [6.07, 6.45) is 3.02. The lowest BCUT2D eigenvalue weighted by atomic mass is 10.1. The number of hydrogen-bond donors (Lipinski definition) is 1. The molecule has 1 aromatic rings. The molecule has 0 saturated carbocycles. The summed E-state index contributed by atoms with van der Waals surface area (Å²) in [5.74, 6) is -0.717. The second-order valence-electron chi connectivity index (χ2n) is 3.07. The molecule has 0 atom stereocenters. The van der Waals surface area contributed by atoms with Crippen LogP contribution in [0.2, 0.25) is 0 Å². The van der Waals surface area contributed by atoms with Crippen LogP contribution in [0.1, 0.15) is 18.4 Å². The number of benzene rings is 1. The summed E-state index contributed by atoms with van der Waals surface area (Å²) in [6.45, 7) is 3.12. The van der Waals surface area contributed by atoms with Crippen LogP contribution in [0.4, 0.5) is 0 Å². The van der Waals surface area contributed by atoms with E-state index < -0.39 is 5.97 Å². The molecule has 1 N–H and O–H groups in total. The predicted octanol–water partition coefficient (Wildman–Crippen LogP) is 2.79. The van der Waals surface area contributed by atoms with E-state index in [-0.39, 0.29) is 6.42 Å². The molecular weight excluding hydrogens is 202 g/mol. The molecule has 0 aliphatic carbocycles. The van der Waals surface area contributed by atoms with Gasteiger partial charge in [0.1, 0.15) is 0 Å². The van der Waals surface area contributed by atoms with E-state index in [9.17, 15) is 4.79 Å². The van der Waals surface area contributed by atoms with Crippen LogP contribution in [0.15, 0.2) is 43.0 Å². The molecule has 3 nitrogen and oxygen atoms in total. The van der Waals surface area contributed by atoms with Gasteiger partial charge in [-0.15, -0.1) is 0 Å². The van der Waals surface area contributed by atoms with E-state index in [2.05, 4.69) is 6.58 Å². The molecule has 0 amide bonds. The normalized spacial score (nSPS) is 8.19. The zero-order valence-electron chi connectivity index (χ0n) is 9.10.